The third-order valence-corrected chi connectivity index (χ3v) is 5.14. The Kier molecular flexibility index (Phi) is 5.08. The molecule has 1 amide bonds. The summed E-state index contributed by atoms with van der Waals surface area (Å²) in [5.74, 6) is -0.293. The lowest BCUT2D eigenvalue weighted by Crippen LogP contribution is -2.48. The predicted molar refractivity (Wildman–Crippen MR) is 110 cm³/mol. The first kappa shape index (κ1) is 18.2. The first-order valence-corrected chi connectivity index (χ1v) is 9.41. The summed E-state index contributed by atoms with van der Waals surface area (Å²) >= 11 is 0. The van der Waals surface area contributed by atoms with Gasteiger partial charge in [-0.1, -0.05) is 36.4 Å². The fraction of sp³-hybridized carbons (Fsp3) is 0.286. The molecule has 3 aromatic rings. The van der Waals surface area contributed by atoms with Gasteiger partial charge in [0.15, 0.2) is 5.69 Å². The van der Waals surface area contributed by atoms with E-state index in [4.69, 9.17) is 0 Å². The van der Waals surface area contributed by atoms with Crippen LogP contribution in [0.1, 0.15) is 10.5 Å². The normalized spacial score (nSPS) is 15.0. The summed E-state index contributed by atoms with van der Waals surface area (Å²) in [5, 5.41) is 8.08. The van der Waals surface area contributed by atoms with Gasteiger partial charge in [-0.3, -0.25) is 14.5 Å². The lowest BCUT2D eigenvalue weighted by atomic mass is 10.1. The van der Waals surface area contributed by atoms with E-state index in [1.165, 1.54) is 10.4 Å². The van der Waals surface area contributed by atoms with Crippen LogP contribution in [0.15, 0.2) is 59.4 Å². The average Bonchev–Trinajstić information content (AvgIpc) is 2.76. The Morgan fingerprint density at radius 1 is 0.964 bits per heavy atom. The third-order valence-electron chi connectivity index (χ3n) is 5.14. The van der Waals surface area contributed by atoms with Crippen LogP contribution in [0.3, 0.4) is 0 Å². The van der Waals surface area contributed by atoms with Crippen LogP contribution < -0.4 is 15.8 Å². The number of carbonyl (C=O) groups excluding carboxylic acids is 1. The number of para-hydroxylation sites is 1. The van der Waals surface area contributed by atoms with Crippen LogP contribution >= 0.6 is 0 Å². The molecule has 1 N–H and O–H groups in total. The molecule has 1 saturated heterocycles. The molecule has 144 valence electrons. The van der Waals surface area contributed by atoms with E-state index < -0.39 is 0 Å². The van der Waals surface area contributed by atoms with Crippen molar-refractivity contribution in [2.45, 2.75) is 6.67 Å². The second-order valence-corrected chi connectivity index (χ2v) is 6.86. The number of benzene rings is 2. The molecular formula is C21H23N5O2. The number of rotatable bonds is 4. The van der Waals surface area contributed by atoms with Crippen molar-refractivity contribution in [1.82, 2.24) is 20.0 Å². The zero-order chi connectivity index (χ0) is 19.5. The zero-order valence-corrected chi connectivity index (χ0v) is 15.8. The molecule has 2 aromatic carbocycles. The molecule has 1 aromatic heterocycles. The molecule has 0 bridgehead atoms. The second kappa shape index (κ2) is 7.82. The maximum atomic E-state index is 12.9. The number of hydrogen-bond donors (Lipinski definition) is 1. The Labute approximate surface area is 163 Å². The highest BCUT2D eigenvalue weighted by Gasteiger charge is 2.20. The molecule has 7 nitrogen and oxygen atoms in total. The van der Waals surface area contributed by atoms with Gasteiger partial charge in [-0.05, 0) is 18.2 Å². The highest BCUT2D eigenvalue weighted by atomic mass is 16.2. The van der Waals surface area contributed by atoms with Crippen LogP contribution in [0, 0.1) is 0 Å². The third kappa shape index (κ3) is 3.48. The number of nitrogens with zero attached hydrogens (tertiary/aromatic N) is 4. The minimum Gasteiger partial charge on any atom is -0.369 e. The Morgan fingerprint density at radius 3 is 2.29 bits per heavy atom. The van der Waals surface area contributed by atoms with Gasteiger partial charge in [0.2, 0.25) is 0 Å². The molecule has 0 atom stereocenters. The van der Waals surface area contributed by atoms with Crippen LogP contribution in [-0.4, -0.2) is 53.8 Å². The highest BCUT2D eigenvalue weighted by Crippen LogP contribution is 2.16. The van der Waals surface area contributed by atoms with Crippen LogP contribution in [0.2, 0.25) is 0 Å². The summed E-state index contributed by atoms with van der Waals surface area (Å²) in [4.78, 5) is 29.7. The van der Waals surface area contributed by atoms with E-state index >= 15 is 0 Å². The van der Waals surface area contributed by atoms with E-state index in [1.807, 2.05) is 24.3 Å². The maximum absolute atomic E-state index is 12.9. The average molecular weight is 377 g/mol. The number of aromatic nitrogens is 2. The monoisotopic (exact) mass is 377 g/mol. The number of amides is 1. The van der Waals surface area contributed by atoms with Crippen molar-refractivity contribution in [3.05, 3.63) is 70.6 Å². The number of piperazine rings is 1. The van der Waals surface area contributed by atoms with E-state index in [0.29, 0.717) is 17.4 Å². The minimum atomic E-state index is -0.293. The van der Waals surface area contributed by atoms with Crippen LogP contribution in [0.25, 0.3) is 10.8 Å². The lowest BCUT2D eigenvalue weighted by Gasteiger charge is -2.36. The van der Waals surface area contributed by atoms with Crippen molar-refractivity contribution in [1.29, 1.82) is 0 Å². The van der Waals surface area contributed by atoms with Gasteiger partial charge in [-0.25, -0.2) is 4.68 Å². The van der Waals surface area contributed by atoms with Gasteiger partial charge >= 0.3 is 0 Å². The first-order chi connectivity index (χ1) is 13.7. The predicted octanol–water partition coefficient (Wildman–Crippen LogP) is 1.54. The fourth-order valence-corrected chi connectivity index (χ4v) is 3.59. The Bertz CT molecular complexity index is 1040. The number of nitrogens with one attached hydrogen (secondary N) is 1. The minimum absolute atomic E-state index is 0.172. The molecule has 0 aliphatic carbocycles. The van der Waals surface area contributed by atoms with Gasteiger partial charge in [0.1, 0.15) is 0 Å². The molecule has 0 saturated carbocycles. The van der Waals surface area contributed by atoms with Crippen LogP contribution in [0.5, 0.6) is 0 Å². The lowest BCUT2D eigenvalue weighted by molar-refractivity contribution is 0.0955. The van der Waals surface area contributed by atoms with Crippen molar-refractivity contribution >= 4 is 22.4 Å². The van der Waals surface area contributed by atoms with E-state index in [0.717, 1.165) is 26.2 Å². The number of hydrogen-bond acceptors (Lipinski definition) is 5. The fourth-order valence-electron chi connectivity index (χ4n) is 3.59. The van der Waals surface area contributed by atoms with Crippen molar-refractivity contribution in [3.63, 3.8) is 0 Å². The van der Waals surface area contributed by atoms with Gasteiger partial charge in [-0.15, -0.1) is 0 Å². The van der Waals surface area contributed by atoms with Crippen LogP contribution in [0.4, 0.5) is 5.69 Å². The molecule has 0 radical (unpaired) electrons. The van der Waals surface area contributed by atoms with E-state index in [-0.39, 0.29) is 17.2 Å². The second-order valence-electron chi connectivity index (χ2n) is 6.86. The Morgan fingerprint density at radius 2 is 1.61 bits per heavy atom. The van der Waals surface area contributed by atoms with E-state index in [9.17, 15) is 9.59 Å². The summed E-state index contributed by atoms with van der Waals surface area (Å²) in [5.41, 5.74) is 1.32. The van der Waals surface area contributed by atoms with Crippen molar-refractivity contribution in [2.24, 2.45) is 0 Å². The van der Waals surface area contributed by atoms with Crippen molar-refractivity contribution in [3.8, 4) is 0 Å². The van der Waals surface area contributed by atoms with E-state index in [1.54, 1.807) is 25.2 Å². The smallest absolute Gasteiger partial charge is 0.275 e. The van der Waals surface area contributed by atoms with Gasteiger partial charge in [-0.2, -0.15) is 5.10 Å². The van der Waals surface area contributed by atoms with E-state index in [2.05, 4.69) is 32.3 Å². The zero-order valence-electron chi connectivity index (χ0n) is 15.8. The maximum Gasteiger partial charge on any atom is 0.275 e. The number of fused-ring (bicyclic) bond motifs is 1. The molecule has 4 rings (SSSR count). The summed E-state index contributed by atoms with van der Waals surface area (Å²) in [6.45, 7) is 3.79. The van der Waals surface area contributed by atoms with Gasteiger partial charge in [0.05, 0.1) is 12.1 Å². The molecule has 1 aliphatic heterocycles. The largest absolute Gasteiger partial charge is 0.369 e. The Hall–Kier alpha value is -3.19. The van der Waals surface area contributed by atoms with Gasteiger partial charge < -0.3 is 10.2 Å². The molecule has 1 fully saturated rings. The molecule has 0 unspecified atom stereocenters. The molecule has 2 heterocycles. The number of anilines is 1. The summed E-state index contributed by atoms with van der Waals surface area (Å²) < 4.78 is 1.41. The first-order valence-electron chi connectivity index (χ1n) is 9.41. The molecular weight excluding hydrogens is 354 g/mol. The van der Waals surface area contributed by atoms with Crippen molar-refractivity contribution in [2.75, 3.05) is 38.1 Å². The molecule has 7 heteroatoms. The summed E-state index contributed by atoms with van der Waals surface area (Å²) in [6, 6.07) is 17.4. The van der Waals surface area contributed by atoms with Gasteiger partial charge in [0.25, 0.3) is 11.5 Å². The number of carbonyl (C=O) groups is 1. The quantitative estimate of drug-likeness (QED) is 0.747. The standard InChI is InChI=1S/C21H23N5O2/c1-22-20(27)19-17-9-5-6-10-18(17)21(28)26(23-19)15-24-11-13-25(14-12-24)16-7-3-2-4-8-16/h2-10H,11-15H2,1H3,(H,22,27). The van der Waals surface area contributed by atoms with Gasteiger partial charge in [0, 0.05) is 44.3 Å². The molecule has 1 aliphatic rings. The van der Waals surface area contributed by atoms with Crippen molar-refractivity contribution < 1.29 is 4.79 Å². The summed E-state index contributed by atoms with van der Waals surface area (Å²) in [6.07, 6.45) is 0. The highest BCUT2D eigenvalue weighted by molar-refractivity contribution is 6.04. The molecule has 0 spiro atoms. The SMILES string of the molecule is CNC(=O)c1nn(CN2CCN(c3ccccc3)CC2)c(=O)c2ccccc12. The topological polar surface area (TPSA) is 70.5 Å². The Balaban J connectivity index is 1.56. The molecule has 28 heavy (non-hydrogen) atoms. The van der Waals surface area contributed by atoms with Crippen LogP contribution in [-0.2, 0) is 6.67 Å². The summed E-state index contributed by atoms with van der Waals surface area (Å²) in [7, 11) is 1.57.